The molecule has 4 aromatic rings. The van der Waals surface area contributed by atoms with Crippen LogP contribution in [0, 0.1) is 0 Å². The van der Waals surface area contributed by atoms with E-state index in [9.17, 15) is 13.2 Å². The van der Waals surface area contributed by atoms with E-state index in [1.807, 2.05) is 69.3 Å². The molecule has 1 saturated heterocycles. The predicted molar refractivity (Wildman–Crippen MR) is 168 cm³/mol. The molecule has 3 heterocycles. The average Bonchev–Trinajstić information content (AvgIpc) is 3.38. The molecular formula is C31H38N6O5S. The van der Waals surface area contributed by atoms with E-state index < -0.39 is 15.4 Å². The number of carbonyl (C=O) groups excluding carboxylic acids is 1. The highest BCUT2D eigenvalue weighted by molar-refractivity contribution is 7.90. The minimum Gasteiger partial charge on any atom is -0.495 e. The number of benzene rings is 2. The van der Waals surface area contributed by atoms with Crippen molar-refractivity contribution in [3.63, 3.8) is 0 Å². The van der Waals surface area contributed by atoms with Gasteiger partial charge in [-0.2, -0.15) is 0 Å². The van der Waals surface area contributed by atoms with Gasteiger partial charge in [-0.3, -0.25) is 0 Å². The van der Waals surface area contributed by atoms with Crippen molar-refractivity contribution < 1.29 is 22.7 Å². The monoisotopic (exact) mass is 606 g/mol. The summed E-state index contributed by atoms with van der Waals surface area (Å²) in [6.07, 6.45) is 4.33. The van der Waals surface area contributed by atoms with E-state index in [-0.39, 0.29) is 12.0 Å². The van der Waals surface area contributed by atoms with Gasteiger partial charge in [0.25, 0.3) is 0 Å². The van der Waals surface area contributed by atoms with Gasteiger partial charge in [0.1, 0.15) is 17.2 Å². The summed E-state index contributed by atoms with van der Waals surface area (Å²) in [7, 11) is -1.58. The molecule has 228 valence electrons. The van der Waals surface area contributed by atoms with Crippen LogP contribution in [0.3, 0.4) is 0 Å². The molecule has 2 aromatic heterocycles. The number of rotatable bonds is 8. The number of amides is 1. The number of nitrogens with zero attached hydrogens (tertiary/aromatic N) is 4. The largest absolute Gasteiger partial charge is 0.495 e. The van der Waals surface area contributed by atoms with E-state index in [0.29, 0.717) is 36.4 Å². The normalized spacial score (nSPS) is 14.5. The van der Waals surface area contributed by atoms with Gasteiger partial charge >= 0.3 is 6.09 Å². The lowest BCUT2D eigenvalue weighted by atomic mass is 9.89. The smallest absolute Gasteiger partial charge is 0.410 e. The molecule has 1 fully saturated rings. The number of sulfone groups is 1. The molecule has 0 bridgehead atoms. The molecule has 0 saturated carbocycles. The third-order valence-corrected chi connectivity index (χ3v) is 7.89. The van der Waals surface area contributed by atoms with Crippen molar-refractivity contribution in [2.45, 2.75) is 45.1 Å². The van der Waals surface area contributed by atoms with Crippen LogP contribution in [-0.4, -0.2) is 71.9 Å². The van der Waals surface area contributed by atoms with Gasteiger partial charge in [0, 0.05) is 30.6 Å². The minimum absolute atomic E-state index is 0.173. The number of piperidine rings is 1. The number of methoxy groups -OCH3 is 1. The summed E-state index contributed by atoms with van der Waals surface area (Å²) in [6.45, 7) is 6.91. The molecule has 12 heteroatoms. The lowest BCUT2D eigenvalue weighted by Crippen LogP contribution is -2.41. The van der Waals surface area contributed by atoms with Crippen molar-refractivity contribution in [1.82, 2.24) is 19.5 Å². The molecule has 1 aliphatic heterocycles. The Morgan fingerprint density at radius 3 is 2.49 bits per heavy atom. The SMILES string of the molecule is COc1cc(C2CCN(C(=O)OC(C)(C)C)CC2)ccc1Nc1ncc2ccc(-c3ccccc3NCS(C)(=O)=O)n2n1. The Morgan fingerprint density at radius 1 is 1.05 bits per heavy atom. The van der Waals surface area contributed by atoms with Crippen LogP contribution in [0.1, 0.15) is 45.1 Å². The molecule has 0 atom stereocenters. The van der Waals surface area contributed by atoms with Gasteiger partial charge in [-0.05, 0) is 75.4 Å². The van der Waals surface area contributed by atoms with Gasteiger partial charge in [-0.25, -0.2) is 22.7 Å². The fourth-order valence-corrected chi connectivity index (χ4v) is 5.56. The number of hydrogen-bond donors (Lipinski definition) is 2. The van der Waals surface area contributed by atoms with Crippen LogP contribution < -0.4 is 15.4 Å². The van der Waals surface area contributed by atoms with E-state index in [4.69, 9.17) is 14.6 Å². The first-order valence-corrected chi connectivity index (χ1v) is 16.2. The molecule has 43 heavy (non-hydrogen) atoms. The Bertz CT molecular complexity index is 1720. The van der Waals surface area contributed by atoms with E-state index in [0.717, 1.165) is 40.9 Å². The number of ether oxygens (including phenoxy) is 2. The van der Waals surface area contributed by atoms with Crippen LogP contribution in [-0.2, 0) is 14.6 Å². The van der Waals surface area contributed by atoms with Crippen LogP contribution >= 0.6 is 0 Å². The quantitative estimate of drug-likeness (QED) is 0.261. The number of aromatic nitrogens is 3. The number of likely N-dealkylation sites (tertiary alicyclic amines) is 1. The summed E-state index contributed by atoms with van der Waals surface area (Å²) in [4.78, 5) is 18.7. The summed E-state index contributed by atoms with van der Waals surface area (Å²) < 4.78 is 36.5. The van der Waals surface area contributed by atoms with Gasteiger partial charge in [0.2, 0.25) is 5.95 Å². The zero-order valence-corrected chi connectivity index (χ0v) is 25.9. The Morgan fingerprint density at radius 2 is 1.79 bits per heavy atom. The zero-order valence-electron chi connectivity index (χ0n) is 25.1. The van der Waals surface area contributed by atoms with Gasteiger partial charge in [0.15, 0.2) is 9.84 Å². The highest BCUT2D eigenvalue weighted by atomic mass is 32.2. The van der Waals surface area contributed by atoms with Crippen LogP contribution in [0.15, 0.2) is 60.8 Å². The summed E-state index contributed by atoms with van der Waals surface area (Å²) in [5.41, 5.74) is 4.44. The predicted octanol–water partition coefficient (Wildman–Crippen LogP) is 5.68. The Kier molecular flexibility index (Phi) is 8.50. The highest BCUT2D eigenvalue weighted by Crippen LogP contribution is 2.35. The summed E-state index contributed by atoms with van der Waals surface area (Å²) in [6, 6.07) is 17.4. The number of fused-ring (bicyclic) bond motifs is 1. The van der Waals surface area contributed by atoms with Crippen molar-refractivity contribution in [2.75, 3.05) is 43.0 Å². The molecule has 0 aliphatic carbocycles. The van der Waals surface area contributed by atoms with Crippen molar-refractivity contribution in [3.05, 3.63) is 66.4 Å². The first kappa shape index (κ1) is 30.1. The summed E-state index contributed by atoms with van der Waals surface area (Å²) >= 11 is 0. The lowest BCUT2D eigenvalue weighted by Gasteiger charge is -2.33. The van der Waals surface area contributed by atoms with Crippen molar-refractivity contribution in [2.24, 2.45) is 0 Å². The number of para-hydroxylation sites is 1. The van der Waals surface area contributed by atoms with E-state index in [2.05, 4.69) is 21.7 Å². The zero-order chi connectivity index (χ0) is 30.8. The standard InChI is InChI=1S/C31H38N6O5S/c1-31(2,3)42-30(38)36-16-14-21(15-17-36)22-10-12-26(28(18-22)41-4)34-29-32-19-23-11-13-27(37(23)35-29)24-8-6-7-9-25(24)33-20-43(5,39)40/h6-13,18-19,21,33H,14-17,20H2,1-5H3,(H,34,35). The van der Waals surface area contributed by atoms with E-state index in [1.165, 1.54) is 6.26 Å². The molecule has 0 spiro atoms. The topological polar surface area (TPSA) is 127 Å². The van der Waals surface area contributed by atoms with Crippen molar-refractivity contribution >= 4 is 38.8 Å². The van der Waals surface area contributed by atoms with Gasteiger partial charge < -0.3 is 25.0 Å². The Balaban J connectivity index is 1.33. The van der Waals surface area contributed by atoms with Crippen LogP contribution in [0.25, 0.3) is 16.8 Å². The fourth-order valence-electron chi connectivity index (χ4n) is 5.14. The maximum Gasteiger partial charge on any atom is 0.410 e. The third kappa shape index (κ3) is 7.37. The van der Waals surface area contributed by atoms with Gasteiger partial charge in [-0.1, -0.05) is 24.3 Å². The number of anilines is 3. The van der Waals surface area contributed by atoms with Crippen molar-refractivity contribution in [1.29, 1.82) is 0 Å². The molecule has 2 N–H and O–H groups in total. The molecule has 1 amide bonds. The third-order valence-electron chi connectivity index (χ3n) is 7.22. The van der Waals surface area contributed by atoms with Gasteiger partial charge in [0.05, 0.1) is 30.2 Å². The van der Waals surface area contributed by atoms with Crippen molar-refractivity contribution in [3.8, 4) is 17.0 Å². The first-order valence-electron chi connectivity index (χ1n) is 14.2. The van der Waals surface area contributed by atoms with Crippen LogP contribution in [0.5, 0.6) is 5.75 Å². The number of hydrogen-bond acceptors (Lipinski definition) is 9. The second-order valence-electron chi connectivity index (χ2n) is 11.8. The molecular weight excluding hydrogens is 568 g/mol. The second kappa shape index (κ2) is 12.1. The van der Waals surface area contributed by atoms with Crippen LogP contribution in [0.4, 0.5) is 22.1 Å². The molecule has 0 radical (unpaired) electrons. The van der Waals surface area contributed by atoms with E-state index in [1.54, 1.807) is 22.7 Å². The fraction of sp³-hybridized carbons (Fsp3) is 0.387. The Hall–Kier alpha value is -4.32. The minimum atomic E-state index is -3.21. The average molecular weight is 607 g/mol. The molecule has 0 unspecified atom stereocenters. The number of nitrogens with one attached hydrogen (secondary N) is 2. The number of carbonyl (C=O) groups is 1. The first-order chi connectivity index (χ1) is 20.4. The molecule has 11 nitrogen and oxygen atoms in total. The molecule has 2 aromatic carbocycles. The summed E-state index contributed by atoms with van der Waals surface area (Å²) in [5.74, 6) is 1.17. The Labute approximate surface area is 252 Å². The molecule has 1 aliphatic rings. The van der Waals surface area contributed by atoms with Gasteiger partial charge in [-0.15, -0.1) is 5.10 Å². The highest BCUT2D eigenvalue weighted by Gasteiger charge is 2.28. The lowest BCUT2D eigenvalue weighted by molar-refractivity contribution is 0.0204. The maximum absolute atomic E-state index is 12.5. The van der Waals surface area contributed by atoms with Crippen LogP contribution in [0.2, 0.25) is 0 Å². The summed E-state index contributed by atoms with van der Waals surface area (Å²) in [5, 5.41) is 11.0. The maximum atomic E-state index is 12.5. The van der Waals surface area contributed by atoms with E-state index >= 15 is 0 Å². The second-order valence-corrected chi connectivity index (χ2v) is 13.9. The molecule has 5 rings (SSSR count).